The molecule has 0 saturated carbocycles. The Labute approximate surface area is 236 Å². The van der Waals surface area contributed by atoms with Crippen molar-refractivity contribution in [3.05, 3.63) is 35.9 Å². The van der Waals surface area contributed by atoms with Crippen LogP contribution in [0.4, 0.5) is 4.79 Å². The highest BCUT2D eigenvalue weighted by atomic mass is 32.2. The van der Waals surface area contributed by atoms with E-state index in [-0.39, 0.29) is 24.1 Å². The molecule has 2 rings (SSSR count). The van der Waals surface area contributed by atoms with Crippen molar-refractivity contribution in [2.45, 2.75) is 97.2 Å². The van der Waals surface area contributed by atoms with E-state index in [2.05, 4.69) is 16.0 Å². The molecular formula is C28H44N4O6S. The minimum atomic E-state index is -1.62. The van der Waals surface area contributed by atoms with Gasteiger partial charge in [-0.15, -0.1) is 11.8 Å². The summed E-state index contributed by atoms with van der Waals surface area (Å²) in [5, 5.41) is 19.6. The number of alkyl carbamates (subject to hydrolysis) is 1. The van der Waals surface area contributed by atoms with E-state index in [1.165, 1.54) is 16.7 Å². The fourth-order valence-corrected chi connectivity index (χ4v) is 5.19. The quantitative estimate of drug-likeness (QED) is 0.362. The molecule has 1 saturated heterocycles. The Balaban J connectivity index is 2.26. The molecule has 1 aliphatic heterocycles. The number of rotatable bonds is 9. The van der Waals surface area contributed by atoms with Gasteiger partial charge in [0, 0.05) is 11.3 Å². The summed E-state index contributed by atoms with van der Waals surface area (Å²) in [7, 11) is 0. The van der Waals surface area contributed by atoms with Gasteiger partial charge < -0.3 is 30.7 Å². The van der Waals surface area contributed by atoms with Crippen LogP contribution in [0.25, 0.3) is 0 Å². The molecule has 39 heavy (non-hydrogen) atoms. The van der Waals surface area contributed by atoms with Crippen molar-refractivity contribution in [1.82, 2.24) is 20.9 Å². The fraction of sp³-hybridized carbons (Fsp3) is 0.643. The molecular weight excluding hydrogens is 520 g/mol. The van der Waals surface area contributed by atoms with Crippen LogP contribution in [0.15, 0.2) is 30.3 Å². The zero-order chi connectivity index (χ0) is 29.5. The van der Waals surface area contributed by atoms with E-state index in [0.717, 1.165) is 5.56 Å². The second-order valence-electron chi connectivity index (χ2n) is 12.2. The number of carbonyl (C=O) groups excluding carboxylic acids is 4. The van der Waals surface area contributed by atoms with Gasteiger partial charge in [-0.05, 0) is 59.4 Å². The Kier molecular flexibility index (Phi) is 11.2. The van der Waals surface area contributed by atoms with Crippen molar-refractivity contribution >= 4 is 35.6 Å². The molecule has 0 bridgehead atoms. The number of aliphatic hydroxyl groups is 1. The van der Waals surface area contributed by atoms with Crippen molar-refractivity contribution in [2.24, 2.45) is 5.92 Å². The maximum atomic E-state index is 13.5. The monoisotopic (exact) mass is 564 g/mol. The third-order valence-corrected chi connectivity index (χ3v) is 6.86. The van der Waals surface area contributed by atoms with Crippen molar-refractivity contribution in [3.63, 3.8) is 0 Å². The lowest BCUT2D eigenvalue weighted by Gasteiger charge is -2.32. The molecule has 4 amide bonds. The van der Waals surface area contributed by atoms with Crippen molar-refractivity contribution < 1.29 is 29.0 Å². The van der Waals surface area contributed by atoms with E-state index >= 15 is 0 Å². The fourth-order valence-electron chi connectivity index (χ4n) is 4.02. The molecule has 11 heteroatoms. The number of carbonyl (C=O) groups is 4. The summed E-state index contributed by atoms with van der Waals surface area (Å²) >= 11 is 1.42. The Hall–Kier alpha value is -2.79. The molecule has 0 aliphatic carbocycles. The largest absolute Gasteiger partial charge is 0.444 e. The number of nitrogens with zero attached hydrogens (tertiary/aromatic N) is 1. The van der Waals surface area contributed by atoms with Crippen LogP contribution in [0.2, 0.25) is 0 Å². The number of hydrogen-bond donors (Lipinski definition) is 4. The van der Waals surface area contributed by atoms with Crippen molar-refractivity contribution in [3.8, 4) is 0 Å². The van der Waals surface area contributed by atoms with Gasteiger partial charge in [0.2, 0.25) is 11.8 Å². The zero-order valence-corrected chi connectivity index (χ0v) is 25.1. The van der Waals surface area contributed by atoms with Crippen molar-refractivity contribution in [1.29, 1.82) is 0 Å². The molecule has 1 heterocycles. The lowest BCUT2D eigenvalue weighted by molar-refractivity contribution is -0.147. The Morgan fingerprint density at radius 3 is 2.21 bits per heavy atom. The number of ether oxygens (including phenoxy) is 1. The second-order valence-corrected chi connectivity index (χ2v) is 13.2. The summed E-state index contributed by atoms with van der Waals surface area (Å²) in [4.78, 5) is 53.5. The molecule has 1 aromatic carbocycles. The molecule has 10 nitrogen and oxygen atoms in total. The van der Waals surface area contributed by atoms with Gasteiger partial charge in [-0.25, -0.2) is 4.79 Å². The van der Waals surface area contributed by atoms with Crippen LogP contribution in [0.3, 0.4) is 0 Å². The number of amides is 4. The minimum absolute atomic E-state index is 0.163. The van der Waals surface area contributed by atoms with Gasteiger partial charge in [0.25, 0.3) is 5.91 Å². The second kappa shape index (κ2) is 13.5. The van der Waals surface area contributed by atoms with E-state index in [9.17, 15) is 24.3 Å². The first-order valence-electron chi connectivity index (χ1n) is 13.2. The smallest absolute Gasteiger partial charge is 0.408 e. The van der Waals surface area contributed by atoms with Gasteiger partial charge >= 0.3 is 6.09 Å². The lowest BCUT2D eigenvalue weighted by Crippen LogP contribution is -2.60. The molecule has 4 N–H and O–H groups in total. The molecule has 218 valence electrons. The summed E-state index contributed by atoms with van der Waals surface area (Å²) in [6, 6.07) is 6.46. The number of thioether (sulfide) groups is 1. The predicted molar refractivity (Wildman–Crippen MR) is 152 cm³/mol. The first-order chi connectivity index (χ1) is 18.0. The maximum absolute atomic E-state index is 13.5. The number of aliphatic hydroxyl groups excluding tert-OH is 1. The van der Waals surface area contributed by atoms with Gasteiger partial charge in [0.05, 0.1) is 11.9 Å². The molecule has 1 fully saturated rings. The maximum Gasteiger partial charge on any atom is 0.408 e. The summed E-state index contributed by atoms with van der Waals surface area (Å²) in [5.74, 6) is -1.14. The normalized spacial score (nSPS) is 18.2. The highest BCUT2D eigenvalue weighted by molar-refractivity contribution is 7.99. The molecule has 0 unspecified atom stereocenters. The highest BCUT2D eigenvalue weighted by Crippen LogP contribution is 2.24. The van der Waals surface area contributed by atoms with Crippen LogP contribution in [0, 0.1) is 5.92 Å². The lowest BCUT2D eigenvalue weighted by atomic mass is 9.97. The van der Waals surface area contributed by atoms with Crippen LogP contribution in [-0.2, 0) is 25.5 Å². The zero-order valence-electron chi connectivity index (χ0n) is 24.2. The topological polar surface area (TPSA) is 137 Å². The highest BCUT2D eigenvalue weighted by Gasteiger charge is 2.41. The Bertz CT molecular complexity index is 1010. The summed E-state index contributed by atoms with van der Waals surface area (Å²) in [6.07, 6.45) is -2.20. The molecule has 0 spiro atoms. The van der Waals surface area contributed by atoms with Crippen LogP contribution in [0.1, 0.15) is 61.0 Å². The van der Waals surface area contributed by atoms with Crippen molar-refractivity contribution in [2.75, 3.05) is 11.6 Å². The predicted octanol–water partition coefficient (Wildman–Crippen LogP) is 2.44. The molecule has 0 radical (unpaired) electrons. The van der Waals surface area contributed by atoms with Gasteiger partial charge in [0.1, 0.15) is 17.7 Å². The number of hydrogen-bond acceptors (Lipinski definition) is 7. The third kappa shape index (κ3) is 10.4. The Morgan fingerprint density at radius 1 is 1.05 bits per heavy atom. The molecule has 1 aromatic rings. The van der Waals surface area contributed by atoms with Crippen LogP contribution < -0.4 is 16.0 Å². The van der Waals surface area contributed by atoms with E-state index in [1.54, 1.807) is 34.6 Å². The van der Waals surface area contributed by atoms with E-state index in [0.29, 0.717) is 5.75 Å². The minimum Gasteiger partial charge on any atom is -0.444 e. The van der Waals surface area contributed by atoms with Gasteiger partial charge in [-0.1, -0.05) is 44.2 Å². The summed E-state index contributed by atoms with van der Waals surface area (Å²) in [6.45, 7) is 14.3. The average molecular weight is 565 g/mol. The van der Waals surface area contributed by atoms with Gasteiger partial charge in [0.15, 0.2) is 6.10 Å². The van der Waals surface area contributed by atoms with E-state index in [1.807, 2.05) is 51.1 Å². The SMILES string of the molecule is CC(C)[C@H](NC(=O)OC(C)(C)C)C(=O)N[C@@H](Cc1ccccc1)[C@H](O)C(=O)N1CSC[C@@H]1C(=O)NC(C)(C)C. The van der Waals surface area contributed by atoms with E-state index < -0.39 is 53.3 Å². The standard InChI is InChI=1S/C28H44N4O6S/c1-17(2)21(30-26(37)38-28(6,7)8)24(35)29-19(14-18-12-10-9-11-13-18)22(33)25(36)32-16-39-15-20(32)23(34)31-27(3,4)5/h9-13,17,19-22,33H,14-16H2,1-8H3,(H,29,35)(H,30,37)(H,31,34)/t19-,20+,21-,22-/m0/s1. The first-order valence-corrected chi connectivity index (χ1v) is 14.4. The van der Waals surface area contributed by atoms with Crippen LogP contribution in [-0.4, -0.2) is 80.8 Å². The third-order valence-electron chi connectivity index (χ3n) is 5.85. The molecule has 1 aliphatic rings. The number of nitrogens with one attached hydrogen (secondary N) is 3. The van der Waals surface area contributed by atoms with Gasteiger partial charge in [-0.3, -0.25) is 14.4 Å². The molecule has 4 atom stereocenters. The van der Waals surface area contributed by atoms with Gasteiger partial charge in [-0.2, -0.15) is 0 Å². The molecule has 0 aromatic heterocycles. The first kappa shape index (κ1) is 32.4. The van der Waals surface area contributed by atoms with Crippen LogP contribution >= 0.6 is 11.8 Å². The summed E-state index contributed by atoms with van der Waals surface area (Å²) < 4.78 is 5.31. The van der Waals surface area contributed by atoms with E-state index in [4.69, 9.17) is 4.74 Å². The average Bonchev–Trinajstić information content (AvgIpc) is 3.29. The summed E-state index contributed by atoms with van der Waals surface area (Å²) in [5.41, 5.74) is -0.424. The van der Waals surface area contributed by atoms with Crippen LogP contribution in [0.5, 0.6) is 0 Å². The number of benzene rings is 1. The Morgan fingerprint density at radius 2 is 1.67 bits per heavy atom.